The van der Waals surface area contributed by atoms with Gasteiger partial charge in [0.15, 0.2) is 0 Å². The zero-order chi connectivity index (χ0) is 16.7. The average Bonchev–Trinajstić information content (AvgIpc) is 2.44. The van der Waals surface area contributed by atoms with E-state index in [4.69, 9.17) is 9.84 Å². The maximum atomic E-state index is 8.74. The van der Waals surface area contributed by atoms with Crippen molar-refractivity contribution < 1.29 is 9.84 Å². The number of hydrogen-bond acceptors (Lipinski definition) is 2. The van der Waals surface area contributed by atoms with Gasteiger partial charge in [-0.1, -0.05) is 71.1 Å². The molecule has 22 heavy (non-hydrogen) atoms. The Bertz CT molecular complexity index is 220. The Labute approximate surface area is 140 Å². The van der Waals surface area contributed by atoms with Gasteiger partial charge in [0.1, 0.15) is 0 Å². The van der Waals surface area contributed by atoms with Crippen LogP contribution in [0.5, 0.6) is 0 Å². The van der Waals surface area contributed by atoms with Gasteiger partial charge in [0.25, 0.3) is 0 Å². The van der Waals surface area contributed by atoms with Crippen LogP contribution >= 0.6 is 0 Å². The zero-order valence-electron chi connectivity index (χ0n) is 15.8. The first-order chi connectivity index (χ1) is 10.5. The quantitative estimate of drug-likeness (QED) is 0.362. The first-order valence-electron chi connectivity index (χ1n) is 9.78. The topological polar surface area (TPSA) is 29.5 Å². The molecule has 0 aromatic carbocycles. The third kappa shape index (κ3) is 16.3. The fourth-order valence-electron chi connectivity index (χ4n) is 2.93. The van der Waals surface area contributed by atoms with Crippen LogP contribution in [0.15, 0.2) is 0 Å². The fraction of sp³-hybridized carbons (Fsp3) is 1.00. The Hall–Kier alpha value is -0.0800. The predicted molar refractivity (Wildman–Crippen MR) is 97.4 cm³/mol. The van der Waals surface area contributed by atoms with E-state index in [1.54, 1.807) is 0 Å². The van der Waals surface area contributed by atoms with E-state index >= 15 is 0 Å². The van der Waals surface area contributed by atoms with Gasteiger partial charge in [-0.2, -0.15) is 0 Å². The van der Waals surface area contributed by atoms with Crippen LogP contribution in [0, 0.1) is 0 Å². The SMILES string of the molecule is CCCCCC(CCCCCCCCCCO)OC(C)(C)C. The highest BCUT2D eigenvalue weighted by Crippen LogP contribution is 2.21. The highest BCUT2D eigenvalue weighted by Gasteiger charge is 2.18. The molecule has 0 saturated carbocycles. The third-order valence-electron chi connectivity index (χ3n) is 4.08. The third-order valence-corrected chi connectivity index (χ3v) is 4.08. The van der Waals surface area contributed by atoms with Crippen molar-refractivity contribution >= 4 is 0 Å². The predicted octanol–water partition coefficient (Wildman–Crippen LogP) is 6.25. The fourth-order valence-corrected chi connectivity index (χ4v) is 2.93. The van der Waals surface area contributed by atoms with Crippen molar-refractivity contribution in [2.45, 2.75) is 123 Å². The molecule has 0 heterocycles. The van der Waals surface area contributed by atoms with Gasteiger partial charge in [0, 0.05) is 6.61 Å². The van der Waals surface area contributed by atoms with Crippen LogP contribution in [0.1, 0.15) is 111 Å². The van der Waals surface area contributed by atoms with E-state index in [1.165, 1.54) is 77.0 Å². The Morgan fingerprint density at radius 3 is 1.64 bits per heavy atom. The van der Waals surface area contributed by atoms with Crippen LogP contribution in [0.3, 0.4) is 0 Å². The molecule has 1 atom stereocenters. The Balaban J connectivity index is 3.65. The number of hydrogen-bond donors (Lipinski definition) is 1. The van der Waals surface area contributed by atoms with E-state index < -0.39 is 0 Å². The van der Waals surface area contributed by atoms with Crippen molar-refractivity contribution in [2.24, 2.45) is 0 Å². The van der Waals surface area contributed by atoms with E-state index in [0.717, 1.165) is 6.42 Å². The number of rotatable bonds is 15. The summed E-state index contributed by atoms with van der Waals surface area (Å²) < 4.78 is 6.23. The largest absolute Gasteiger partial charge is 0.396 e. The molecular weight excluding hydrogens is 272 g/mol. The number of aliphatic hydroxyl groups excluding tert-OH is 1. The smallest absolute Gasteiger partial charge is 0.0602 e. The maximum Gasteiger partial charge on any atom is 0.0602 e. The molecule has 0 bridgehead atoms. The molecule has 0 aromatic heterocycles. The second-order valence-electron chi connectivity index (χ2n) is 7.69. The highest BCUT2D eigenvalue weighted by molar-refractivity contribution is 4.67. The van der Waals surface area contributed by atoms with Gasteiger partial charge >= 0.3 is 0 Å². The van der Waals surface area contributed by atoms with Crippen molar-refractivity contribution in [3.8, 4) is 0 Å². The van der Waals surface area contributed by atoms with Crippen molar-refractivity contribution in [2.75, 3.05) is 6.61 Å². The molecule has 134 valence electrons. The van der Waals surface area contributed by atoms with Crippen molar-refractivity contribution in [3.05, 3.63) is 0 Å². The molecule has 2 nitrogen and oxygen atoms in total. The van der Waals surface area contributed by atoms with Gasteiger partial charge in [0.05, 0.1) is 11.7 Å². The van der Waals surface area contributed by atoms with Crippen LogP contribution in [0.25, 0.3) is 0 Å². The molecule has 0 aliphatic carbocycles. The molecular formula is C20H42O2. The van der Waals surface area contributed by atoms with Crippen molar-refractivity contribution in [3.63, 3.8) is 0 Å². The highest BCUT2D eigenvalue weighted by atomic mass is 16.5. The average molecular weight is 315 g/mol. The summed E-state index contributed by atoms with van der Waals surface area (Å²) in [5.41, 5.74) is -0.0103. The van der Waals surface area contributed by atoms with E-state index in [1.807, 2.05) is 0 Å². The number of unbranched alkanes of at least 4 members (excludes halogenated alkanes) is 9. The van der Waals surface area contributed by atoms with E-state index in [2.05, 4.69) is 27.7 Å². The molecule has 0 saturated heterocycles. The molecule has 0 aromatic rings. The normalized spacial score (nSPS) is 13.5. The monoisotopic (exact) mass is 314 g/mol. The molecule has 0 amide bonds. The maximum absolute atomic E-state index is 8.74. The van der Waals surface area contributed by atoms with E-state index in [0.29, 0.717) is 12.7 Å². The second-order valence-corrected chi connectivity index (χ2v) is 7.69. The summed E-state index contributed by atoms with van der Waals surface area (Å²) in [6.45, 7) is 9.14. The van der Waals surface area contributed by atoms with Gasteiger partial charge in [0.2, 0.25) is 0 Å². The Morgan fingerprint density at radius 2 is 1.18 bits per heavy atom. The lowest BCUT2D eigenvalue weighted by molar-refractivity contribution is -0.0677. The van der Waals surface area contributed by atoms with Crippen molar-refractivity contribution in [1.29, 1.82) is 0 Å². The first kappa shape index (κ1) is 21.9. The Kier molecular flexibility index (Phi) is 14.5. The summed E-state index contributed by atoms with van der Waals surface area (Å²) in [6, 6.07) is 0. The molecule has 0 radical (unpaired) electrons. The minimum atomic E-state index is -0.0103. The van der Waals surface area contributed by atoms with E-state index in [9.17, 15) is 0 Å². The van der Waals surface area contributed by atoms with E-state index in [-0.39, 0.29) is 5.60 Å². The molecule has 2 heteroatoms. The van der Waals surface area contributed by atoms with Gasteiger partial charge in [-0.15, -0.1) is 0 Å². The first-order valence-corrected chi connectivity index (χ1v) is 9.78. The lowest BCUT2D eigenvalue weighted by Gasteiger charge is -2.28. The summed E-state index contributed by atoms with van der Waals surface area (Å²) in [5.74, 6) is 0. The van der Waals surface area contributed by atoms with Crippen LogP contribution in [-0.4, -0.2) is 23.4 Å². The van der Waals surface area contributed by atoms with Crippen LogP contribution in [0.4, 0.5) is 0 Å². The summed E-state index contributed by atoms with van der Waals surface area (Å²) in [6.07, 6.45) is 17.0. The summed E-state index contributed by atoms with van der Waals surface area (Å²) in [7, 11) is 0. The molecule has 0 spiro atoms. The molecule has 0 rings (SSSR count). The van der Waals surface area contributed by atoms with Crippen molar-refractivity contribution in [1.82, 2.24) is 0 Å². The minimum absolute atomic E-state index is 0.0103. The van der Waals surface area contributed by atoms with Gasteiger partial charge < -0.3 is 9.84 Å². The number of ether oxygens (including phenoxy) is 1. The summed E-state index contributed by atoms with van der Waals surface area (Å²) in [5, 5.41) is 8.74. The van der Waals surface area contributed by atoms with Gasteiger partial charge in [-0.25, -0.2) is 0 Å². The zero-order valence-corrected chi connectivity index (χ0v) is 15.8. The van der Waals surface area contributed by atoms with Crippen LogP contribution in [-0.2, 0) is 4.74 Å². The summed E-state index contributed by atoms with van der Waals surface area (Å²) in [4.78, 5) is 0. The van der Waals surface area contributed by atoms with Gasteiger partial charge in [-0.3, -0.25) is 0 Å². The molecule has 0 aliphatic heterocycles. The molecule has 0 fully saturated rings. The lowest BCUT2D eigenvalue weighted by atomic mass is 10.0. The molecule has 1 unspecified atom stereocenters. The van der Waals surface area contributed by atoms with Crippen LogP contribution in [0.2, 0.25) is 0 Å². The summed E-state index contributed by atoms with van der Waals surface area (Å²) >= 11 is 0. The molecule has 0 aliphatic rings. The van der Waals surface area contributed by atoms with Gasteiger partial charge in [-0.05, 0) is 40.0 Å². The lowest BCUT2D eigenvalue weighted by Crippen LogP contribution is -2.27. The van der Waals surface area contributed by atoms with Crippen LogP contribution < -0.4 is 0 Å². The molecule has 1 N–H and O–H groups in total. The Morgan fingerprint density at radius 1 is 0.727 bits per heavy atom. The number of aliphatic hydroxyl groups is 1. The standard InChI is InChI=1S/C20H42O2/c1-5-6-13-16-19(22-20(2,3)4)17-14-11-9-7-8-10-12-15-18-21/h19,21H,5-18H2,1-4H3. The second kappa shape index (κ2) is 14.5. The minimum Gasteiger partial charge on any atom is -0.396 e.